The first-order valence-corrected chi connectivity index (χ1v) is 16.5. The standard InChI is InChI=1S/C34H56N2O4.2ClH/c1-3-5-7-9-11-15-31-17-13-23-35(31)25-27-39-33(37)29-19-21-30(22-20-29)34(38)40-28-26-36-24-14-18-32(36)16-12-10-8-6-4-2;;/h19-22,31-32H,3-18,23-28H2,1-2H3;2*1H. The second-order valence-electron chi connectivity index (χ2n) is 11.9. The van der Waals surface area contributed by atoms with E-state index >= 15 is 0 Å². The van der Waals surface area contributed by atoms with E-state index in [0.29, 0.717) is 36.4 Å². The van der Waals surface area contributed by atoms with Gasteiger partial charge in [-0.2, -0.15) is 0 Å². The summed E-state index contributed by atoms with van der Waals surface area (Å²) < 4.78 is 11.1. The van der Waals surface area contributed by atoms with E-state index in [1.807, 2.05) is 0 Å². The van der Waals surface area contributed by atoms with Crippen LogP contribution in [0.4, 0.5) is 0 Å². The van der Waals surface area contributed by atoms with Crippen LogP contribution in [0, 0.1) is 0 Å². The molecule has 0 bridgehead atoms. The Kier molecular flexibility index (Phi) is 21.3. The number of unbranched alkanes of at least 4 members (excludes halogenated alkanes) is 8. The van der Waals surface area contributed by atoms with Gasteiger partial charge in [0.25, 0.3) is 0 Å². The number of ether oxygens (including phenoxy) is 2. The van der Waals surface area contributed by atoms with Gasteiger partial charge in [0.1, 0.15) is 13.2 Å². The van der Waals surface area contributed by atoms with Crippen LogP contribution < -0.4 is 0 Å². The van der Waals surface area contributed by atoms with Crippen molar-refractivity contribution in [2.75, 3.05) is 39.4 Å². The lowest BCUT2D eigenvalue weighted by Crippen LogP contribution is -2.33. The molecule has 242 valence electrons. The van der Waals surface area contributed by atoms with Crippen molar-refractivity contribution in [3.8, 4) is 0 Å². The van der Waals surface area contributed by atoms with E-state index in [4.69, 9.17) is 9.47 Å². The van der Waals surface area contributed by atoms with Crippen molar-refractivity contribution in [2.24, 2.45) is 0 Å². The average molecular weight is 630 g/mol. The molecule has 3 rings (SSSR count). The second kappa shape index (κ2) is 23.1. The van der Waals surface area contributed by atoms with E-state index in [0.717, 1.165) is 26.2 Å². The molecule has 0 amide bonds. The van der Waals surface area contributed by atoms with Crippen LogP contribution in [0.5, 0.6) is 0 Å². The van der Waals surface area contributed by atoms with Crippen molar-refractivity contribution in [1.29, 1.82) is 0 Å². The van der Waals surface area contributed by atoms with E-state index < -0.39 is 0 Å². The average Bonchev–Trinajstić information content (AvgIpc) is 3.62. The first-order chi connectivity index (χ1) is 19.6. The number of rotatable bonds is 20. The Morgan fingerprint density at radius 1 is 0.643 bits per heavy atom. The Bertz CT molecular complexity index is 785. The highest BCUT2D eigenvalue weighted by molar-refractivity contribution is 5.93. The molecule has 2 fully saturated rings. The van der Waals surface area contributed by atoms with Gasteiger partial charge in [0, 0.05) is 25.2 Å². The molecular weight excluding hydrogens is 571 g/mol. The van der Waals surface area contributed by atoms with E-state index in [-0.39, 0.29) is 36.8 Å². The molecule has 0 aliphatic carbocycles. The van der Waals surface area contributed by atoms with Crippen LogP contribution >= 0.6 is 24.8 Å². The van der Waals surface area contributed by atoms with Gasteiger partial charge < -0.3 is 9.47 Å². The molecule has 1 aromatic rings. The molecule has 0 radical (unpaired) electrons. The summed E-state index contributed by atoms with van der Waals surface area (Å²) in [5, 5.41) is 0. The monoisotopic (exact) mass is 628 g/mol. The molecule has 0 spiro atoms. The van der Waals surface area contributed by atoms with Gasteiger partial charge >= 0.3 is 11.9 Å². The molecule has 2 atom stereocenters. The van der Waals surface area contributed by atoms with Gasteiger partial charge in [-0.1, -0.05) is 78.1 Å². The van der Waals surface area contributed by atoms with Gasteiger partial charge in [0.05, 0.1) is 11.1 Å². The van der Waals surface area contributed by atoms with Gasteiger partial charge in [0.2, 0.25) is 0 Å². The van der Waals surface area contributed by atoms with Crippen LogP contribution in [0.3, 0.4) is 0 Å². The zero-order chi connectivity index (χ0) is 28.4. The maximum absolute atomic E-state index is 12.6. The van der Waals surface area contributed by atoms with Gasteiger partial charge in [-0.25, -0.2) is 9.59 Å². The van der Waals surface area contributed by atoms with Crippen LogP contribution in [0.2, 0.25) is 0 Å². The Labute approximate surface area is 268 Å². The van der Waals surface area contributed by atoms with Crippen molar-refractivity contribution in [3.63, 3.8) is 0 Å². The summed E-state index contributed by atoms with van der Waals surface area (Å²) in [5.41, 5.74) is 0.952. The molecule has 0 aromatic heterocycles. The van der Waals surface area contributed by atoms with Crippen molar-refractivity contribution in [1.82, 2.24) is 9.80 Å². The lowest BCUT2D eigenvalue weighted by atomic mass is 10.0. The van der Waals surface area contributed by atoms with Crippen LogP contribution in [0.1, 0.15) is 137 Å². The summed E-state index contributed by atoms with van der Waals surface area (Å²) in [6.45, 7) is 9.13. The van der Waals surface area contributed by atoms with Crippen LogP contribution in [0.25, 0.3) is 0 Å². The number of likely N-dealkylation sites (tertiary alicyclic amines) is 2. The normalized spacial score (nSPS) is 18.8. The lowest BCUT2D eigenvalue weighted by molar-refractivity contribution is 0.0439. The number of halogens is 2. The minimum absolute atomic E-state index is 0. The maximum Gasteiger partial charge on any atom is 0.338 e. The number of benzene rings is 1. The molecule has 2 aliphatic rings. The van der Waals surface area contributed by atoms with Crippen LogP contribution in [-0.4, -0.2) is 73.2 Å². The third kappa shape index (κ3) is 14.0. The van der Waals surface area contributed by atoms with Gasteiger partial charge in [-0.15, -0.1) is 24.8 Å². The van der Waals surface area contributed by atoms with Gasteiger partial charge in [-0.05, 0) is 75.9 Å². The first kappa shape index (κ1) is 38.7. The largest absolute Gasteiger partial charge is 0.461 e. The molecule has 0 N–H and O–H groups in total. The van der Waals surface area contributed by atoms with E-state index in [1.165, 1.54) is 103 Å². The van der Waals surface area contributed by atoms with E-state index in [9.17, 15) is 9.59 Å². The number of nitrogens with zero attached hydrogens (tertiary/aromatic N) is 2. The number of hydrogen-bond acceptors (Lipinski definition) is 6. The summed E-state index contributed by atoms with van der Waals surface area (Å²) in [4.78, 5) is 30.1. The smallest absolute Gasteiger partial charge is 0.338 e. The number of carbonyl (C=O) groups is 2. The van der Waals surface area contributed by atoms with Gasteiger partial charge in [-0.3, -0.25) is 9.80 Å². The quantitative estimate of drug-likeness (QED) is 0.107. The SMILES string of the molecule is CCCCCCCC1CCCN1CCOC(=O)c1ccc(C(=O)OCCN2CCCC2CCCCCCC)cc1.Cl.Cl. The summed E-state index contributed by atoms with van der Waals surface area (Å²) in [7, 11) is 0. The number of hydrogen-bond donors (Lipinski definition) is 0. The maximum atomic E-state index is 12.6. The Morgan fingerprint density at radius 2 is 1.02 bits per heavy atom. The molecule has 2 saturated heterocycles. The molecule has 0 saturated carbocycles. The molecule has 2 unspecified atom stereocenters. The molecule has 1 aromatic carbocycles. The lowest BCUT2D eigenvalue weighted by Gasteiger charge is -2.24. The molecular formula is C34H58Cl2N2O4. The topological polar surface area (TPSA) is 59.1 Å². The van der Waals surface area contributed by atoms with Crippen molar-refractivity contribution < 1.29 is 19.1 Å². The molecule has 2 aliphatic heterocycles. The van der Waals surface area contributed by atoms with E-state index in [1.54, 1.807) is 24.3 Å². The highest BCUT2D eigenvalue weighted by atomic mass is 35.5. The minimum Gasteiger partial charge on any atom is -0.461 e. The third-order valence-electron chi connectivity index (χ3n) is 8.86. The predicted octanol–water partition coefficient (Wildman–Crippen LogP) is 8.49. The Hall–Kier alpha value is -1.34. The van der Waals surface area contributed by atoms with E-state index in [2.05, 4.69) is 23.6 Å². The molecule has 8 heteroatoms. The Morgan fingerprint density at radius 3 is 1.40 bits per heavy atom. The first-order valence-electron chi connectivity index (χ1n) is 16.5. The van der Waals surface area contributed by atoms with Crippen molar-refractivity contribution >= 4 is 36.8 Å². The zero-order valence-corrected chi connectivity index (χ0v) is 28.0. The minimum atomic E-state index is -0.329. The molecule has 42 heavy (non-hydrogen) atoms. The predicted molar refractivity (Wildman–Crippen MR) is 177 cm³/mol. The second-order valence-corrected chi connectivity index (χ2v) is 11.9. The molecule has 2 heterocycles. The highest BCUT2D eigenvalue weighted by Gasteiger charge is 2.25. The fraction of sp³-hybridized carbons (Fsp3) is 0.765. The fourth-order valence-corrected chi connectivity index (χ4v) is 6.42. The molecule has 6 nitrogen and oxygen atoms in total. The third-order valence-corrected chi connectivity index (χ3v) is 8.86. The summed E-state index contributed by atoms with van der Waals surface area (Å²) in [6.07, 6.45) is 20.7. The highest BCUT2D eigenvalue weighted by Crippen LogP contribution is 2.23. The van der Waals surface area contributed by atoms with Crippen molar-refractivity contribution in [2.45, 2.75) is 129 Å². The summed E-state index contributed by atoms with van der Waals surface area (Å²) >= 11 is 0. The number of esters is 2. The number of carbonyl (C=O) groups excluding carboxylic acids is 2. The summed E-state index contributed by atoms with van der Waals surface area (Å²) in [6, 6.07) is 7.95. The Balaban J connectivity index is 0.00000441. The van der Waals surface area contributed by atoms with Crippen molar-refractivity contribution in [3.05, 3.63) is 35.4 Å². The fourth-order valence-electron chi connectivity index (χ4n) is 6.42. The van der Waals surface area contributed by atoms with Gasteiger partial charge in [0.15, 0.2) is 0 Å². The van der Waals surface area contributed by atoms with Crippen LogP contribution in [0.15, 0.2) is 24.3 Å². The summed E-state index contributed by atoms with van der Waals surface area (Å²) in [5.74, 6) is -0.657. The zero-order valence-electron chi connectivity index (χ0n) is 26.4. The van der Waals surface area contributed by atoms with Crippen LogP contribution in [-0.2, 0) is 9.47 Å².